The Bertz CT molecular complexity index is 497. The third-order valence-corrected chi connectivity index (χ3v) is 4.48. The van der Waals surface area contributed by atoms with Gasteiger partial charge in [0.25, 0.3) is 10.0 Å². The minimum Gasteiger partial charge on any atom is -0.273 e. The average molecular weight is 262 g/mol. The van der Waals surface area contributed by atoms with E-state index in [2.05, 4.69) is 4.98 Å². The van der Waals surface area contributed by atoms with E-state index in [1.807, 2.05) is 4.72 Å². The number of aryl methyl sites for hydroxylation is 1. The maximum atomic E-state index is 11.7. The Morgan fingerprint density at radius 2 is 2.00 bits per heavy atom. The van der Waals surface area contributed by atoms with Gasteiger partial charge in [-0.05, 0) is 6.92 Å². The van der Waals surface area contributed by atoms with Gasteiger partial charge in [0, 0.05) is 5.41 Å². The minimum atomic E-state index is -3.77. The molecule has 1 amide bonds. The third kappa shape index (κ3) is 3.02. The molecule has 1 aromatic rings. The SMILES string of the molecule is Cc1ncc(S(=O)(=O)NC(=O)C(C)(C)C)s1. The molecule has 0 aliphatic rings. The van der Waals surface area contributed by atoms with Crippen molar-refractivity contribution in [3.63, 3.8) is 0 Å². The molecule has 16 heavy (non-hydrogen) atoms. The van der Waals surface area contributed by atoms with Gasteiger partial charge in [-0.15, -0.1) is 11.3 Å². The zero-order valence-electron chi connectivity index (χ0n) is 9.57. The molecule has 90 valence electrons. The molecular formula is C9H14N2O3S2. The summed E-state index contributed by atoms with van der Waals surface area (Å²) in [6.45, 7) is 6.65. The number of nitrogens with one attached hydrogen (secondary N) is 1. The van der Waals surface area contributed by atoms with Crippen molar-refractivity contribution in [2.24, 2.45) is 5.41 Å². The van der Waals surface area contributed by atoms with Gasteiger partial charge in [0.2, 0.25) is 5.91 Å². The van der Waals surface area contributed by atoms with Gasteiger partial charge in [0.1, 0.15) is 0 Å². The summed E-state index contributed by atoms with van der Waals surface area (Å²) in [5.41, 5.74) is -0.743. The second-order valence-electron chi connectivity index (χ2n) is 4.38. The van der Waals surface area contributed by atoms with Crippen LogP contribution in [-0.4, -0.2) is 19.3 Å². The van der Waals surface area contributed by atoms with E-state index < -0.39 is 21.3 Å². The predicted octanol–water partition coefficient (Wildman–Crippen LogP) is 1.30. The van der Waals surface area contributed by atoms with Gasteiger partial charge in [-0.25, -0.2) is 18.1 Å². The second kappa shape index (κ2) is 4.14. The highest BCUT2D eigenvalue weighted by Gasteiger charge is 2.27. The summed E-state index contributed by atoms with van der Waals surface area (Å²) in [7, 11) is -3.77. The molecule has 1 rings (SSSR count). The van der Waals surface area contributed by atoms with Gasteiger partial charge < -0.3 is 0 Å². The number of thiazole rings is 1. The van der Waals surface area contributed by atoms with Crippen LogP contribution in [0.5, 0.6) is 0 Å². The summed E-state index contributed by atoms with van der Waals surface area (Å²) in [4.78, 5) is 15.4. The first-order valence-electron chi connectivity index (χ1n) is 4.62. The first kappa shape index (κ1) is 13.1. The fourth-order valence-electron chi connectivity index (χ4n) is 0.792. The lowest BCUT2D eigenvalue weighted by molar-refractivity contribution is -0.126. The van der Waals surface area contributed by atoms with Crippen LogP contribution in [0.2, 0.25) is 0 Å². The zero-order valence-corrected chi connectivity index (χ0v) is 11.2. The van der Waals surface area contributed by atoms with Gasteiger partial charge in [-0.2, -0.15) is 0 Å². The Labute approximate surface area is 99.0 Å². The number of carbonyl (C=O) groups excluding carboxylic acids is 1. The van der Waals surface area contributed by atoms with Crippen molar-refractivity contribution in [3.8, 4) is 0 Å². The second-order valence-corrected chi connectivity index (χ2v) is 7.53. The van der Waals surface area contributed by atoms with E-state index in [0.29, 0.717) is 5.01 Å². The maximum Gasteiger partial charge on any atom is 0.275 e. The summed E-state index contributed by atoms with van der Waals surface area (Å²) < 4.78 is 25.6. The first-order valence-corrected chi connectivity index (χ1v) is 6.92. The maximum absolute atomic E-state index is 11.7. The van der Waals surface area contributed by atoms with Crippen LogP contribution in [-0.2, 0) is 14.8 Å². The lowest BCUT2D eigenvalue weighted by Gasteiger charge is -2.16. The Morgan fingerprint density at radius 3 is 2.38 bits per heavy atom. The van der Waals surface area contributed by atoms with E-state index in [1.54, 1.807) is 27.7 Å². The van der Waals surface area contributed by atoms with Crippen LogP contribution in [0.1, 0.15) is 25.8 Å². The van der Waals surface area contributed by atoms with Gasteiger partial charge in [-0.1, -0.05) is 20.8 Å². The van der Waals surface area contributed by atoms with Gasteiger partial charge in [0.15, 0.2) is 4.21 Å². The molecule has 0 fully saturated rings. The zero-order chi connectivity index (χ0) is 12.6. The monoisotopic (exact) mass is 262 g/mol. The minimum absolute atomic E-state index is 0.0580. The fraction of sp³-hybridized carbons (Fsp3) is 0.556. The quantitative estimate of drug-likeness (QED) is 0.871. The molecule has 0 bridgehead atoms. The summed E-state index contributed by atoms with van der Waals surface area (Å²) in [5.74, 6) is -0.529. The Morgan fingerprint density at radius 1 is 1.44 bits per heavy atom. The molecule has 1 N–H and O–H groups in total. The molecule has 1 aromatic heterocycles. The summed E-state index contributed by atoms with van der Waals surface area (Å²) >= 11 is 1.03. The predicted molar refractivity (Wildman–Crippen MR) is 61.6 cm³/mol. The molecule has 0 saturated carbocycles. The van der Waals surface area contributed by atoms with Crippen LogP contribution >= 0.6 is 11.3 Å². The van der Waals surface area contributed by atoms with E-state index in [4.69, 9.17) is 0 Å². The Hall–Kier alpha value is -0.950. The van der Waals surface area contributed by atoms with Crippen LogP contribution in [0.15, 0.2) is 10.4 Å². The highest BCUT2D eigenvalue weighted by Crippen LogP contribution is 2.19. The number of hydrogen-bond acceptors (Lipinski definition) is 5. The van der Waals surface area contributed by atoms with Gasteiger partial charge in [0.05, 0.1) is 11.2 Å². The molecule has 0 atom stereocenters. The van der Waals surface area contributed by atoms with E-state index in [9.17, 15) is 13.2 Å². The van der Waals surface area contributed by atoms with Crippen molar-refractivity contribution in [1.82, 2.24) is 9.71 Å². The highest BCUT2D eigenvalue weighted by atomic mass is 32.2. The molecule has 0 aliphatic heterocycles. The molecule has 0 aromatic carbocycles. The molecule has 0 spiro atoms. The number of amides is 1. The van der Waals surface area contributed by atoms with Crippen molar-refractivity contribution in [2.45, 2.75) is 31.9 Å². The molecule has 0 unspecified atom stereocenters. The van der Waals surface area contributed by atoms with Gasteiger partial charge in [-0.3, -0.25) is 4.79 Å². The van der Waals surface area contributed by atoms with Crippen molar-refractivity contribution >= 4 is 27.3 Å². The number of carbonyl (C=O) groups is 1. The number of nitrogens with zero attached hydrogens (tertiary/aromatic N) is 1. The Kier molecular flexibility index (Phi) is 3.39. The lowest BCUT2D eigenvalue weighted by atomic mass is 9.96. The molecule has 0 radical (unpaired) electrons. The fourth-order valence-corrected chi connectivity index (χ4v) is 3.06. The van der Waals surface area contributed by atoms with Crippen LogP contribution < -0.4 is 4.72 Å². The van der Waals surface area contributed by atoms with E-state index >= 15 is 0 Å². The first-order chi connectivity index (χ1) is 7.13. The molecule has 0 saturated heterocycles. The average Bonchev–Trinajstić information content (AvgIpc) is 2.49. The molecule has 5 nitrogen and oxygen atoms in total. The smallest absolute Gasteiger partial charge is 0.273 e. The van der Waals surface area contributed by atoms with Crippen LogP contribution in [0.3, 0.4) is 0 Å². The third-order valence-electron chi connectivity index (χ3n) is 1.77. The highest BCUT2D eigenvalue weighted by molar-refractivity contribution is 7.92. The standard InChI is InChI=1S/C9H14N2O3S2/c1-6-10-5-7(15-6)16(13,14)11-8(12)9(2,3)4/h5H,1-4H3,(H,11,12). The largest absolute Gasteiger partial charge is 0.275 e. The van der Waals surface area contributed by atoms with Crippen LogP contribution in [0.25, 0.3) is 0 Å². The van der Waals surface area contributed by atoms with E-state index in [1.165, 1.54) is 6.20 Å². The number of aromatic nitrogens is 1. The van der Waals surface area contributed by atoms with Crippen molar-refractivity contribution in [3.05, 3.63) is 11.2 Å². The van der Waals surface area contributed by atoms with Crippen molar-refractivity contribution in [2.75, 3.05) is 0 Å². The number of rotatable bonds is 2. The summed E-state index contributed by atoms with van der Waals surface area (Å²) in [6.07, 6.45) is 1.25. The van der Waals surface area contributed by atoms with Crippen molar-refractivity contribution < 1.29 is 13.2 Å². The molecular weight excluding hydrogens is 248 g/mol. The Balaban J connectivity index is 2.94. The number of sulfonamides is 1. The van der Waals surface area contributed by atoms with Crippen LogP contribution in [0, 0.1) is 12.3 Å². The number of hydrogen-bond donors (Lipinski definition) is 1. The lowest BCUT2D eigenvalue weighted by Crippen LogP contribution is -2.38. The van der Waals surface area contributed by atoms with E-state index in [-0.39, 0.29) is 4.21 Å². The normalized spacial score (nSPS) is 12.5. The van der Waals surface area contributed by atoms with Crippen molar-refractivity contribution in [1.29, 1.82) is 0 Å². The van der Waals surface area contributed by atoms with Crippen LogP contribution in [0.4, 0.5) is 0 Å². The molecule has 0 aliphatic carbocycles. The summed E-state index contributed by atoms with van der Waals surface area (Å²) in [6, 6.07) is 0. The molecule has 7 heteroatoms. The summed E-state index contributed by atoms with van der Waals surface area (Å²) in [5, 5.41) is 0.642. The topological polar surface area (TPSA) is 76.1 Å². The van der Waals surface area contributed by atoms with Gasteiger partial charge >= 0.3 is 0 Å². The van der Waals surface area contributed by atoms with E-state index in [0.717, 1.165) is 11.3 Å². The molecule has 1 heterocycles.